The lowest BCUT2D eigenvalue weighted by Gasteiger charge is -2.43. The van der Waals surface area contributed by atoms with Crippen LogP contribution in [0.5, 0.6) is 0 Å². The van der Waals surface area contributed by atoms with Crippen LogP contribution in [-0.4, -0.2) is 62.5 Å². The van der Waals surface area contributed by atoms with Crippen molar-refractivity contribution in [3.05, 3.63) is 0 Å². The molecular formula is C11H23N3O3S. The minimum absolute atomic E-state index is 0.0636. The van der Waals surface area contributed by atoms with Gasteiger partial charge in [0.1, 0.15) is 0 Å². The maximum atomic E-state index is 12.5. The first-order valence-corrected chi connectivity index (χ1v) is 7.82. The van der Waals surface area contributed by atoms with Crippen LogP contribution >= 0.6 is 0 Å². The zero-order valence-electron chi connectivity index (χ0n) is 11.1. The van der Waals surface area contributed by atoms with E-state index in [9.17, 15) is 8.42 Å². The summed E-state index contributed by atoms with van der Waals surface area (Å²) in [6.45, 7) is 6.93. The summed E-state index contributed by atoms with van der Waals surface area (Å²) in [7, 11) is -3.35. The smallest absolute Gasteiger partial charge is 0.282 e. The molecule has 0 aromatic heterocycles. The van der Waals surface area contributed by atoms with Crippen LogP contribution < -0.4 is 5.73 Å². The lowest BCUT2D eigenvalue weighted by Crippen LogP contribution is -2.57. The number of ether oxygens (including phenoxy) is 1. The maximum Gasteiger partial charge on any atom is 0.282 e. The summed E-state index contributed by atoms with van der Waals surface area (Å²) in [5.41, 5.74) is 5.87. The van der Waals surface area contributed by atoms with Crippen LogP contribution in [0.2, 0.25) is 0 Å². The summed E-state index contributed by atoms with van der Waals surface area (Å²) < 4.78 is 33.3. The van der Waals surface area contributed by atoms with Crippen molar-refractivity contribution < 1.29 is 13.2 Å². The Hall–Kier alpha value is -0.210. The molecule has 7 heteroatoms. The first kappa shape index (κ1) is 14.2. The van der Waals surface area contributed by atoms with Crippen molar-refractivity contribution >= 4 is 10.2 Å². The van der Waals surface area contributed by atoms with Crippen LogP contribution in [0.25, 0.3) is 0 Å². The molecule has 1 unspecified atom stereocenters. The summed E-state index contributed by atoms with van der Waals surface area (Å²) in [6.07, 6.45) is 0.719. The molecule has 2 fully saturated rings. The molecule has 2 saturated heterocycles. The molecule has 2 N–H and O–H groups in total. The molecule has 0 bridgehead atoms. The highest BCUT2D eigenvalue weighted by Crippen LogP contribution is 2.30. The topological polar surface area (TPSA) is 75.9 Å². The third-order valence-corrected chi connectivity index (χ3v) is 5.88. The van der Waals surface area contributed by atoms with E-state index < -0.39 is 10.2 Å². The van der Waals surface area contributed by atoms with Gasteiger partial charge in [-0.1, -0.05) is 13.8 Å². The number of nitrogens with two attached hydrogens (primary N) is 1. The third-order valence-electron chi connectivity index (χ3n) is 3.90. The van der Waals surface area contributed by atoms with E-state index in [1.165, 1.54) is 4.31 Å². The predicted octanol–water partition coefficient (Wildman–Crippen LogP) is -0.377. The average molecular weight is 277 g/mol. The zero-order valence-corrected chi connectivity index (χ0v) is 11.9. The highest BCUT2D eigenvalue weighted by atomic mass is 32.2. The first-order chi connectivity index (χ1) is 8.34. The Bertz CT molecular complexity index is 390. The number of rotatable bonds is 2. The largest absolute Gasteiger partial charge is 0.379 e. The van der Waals surface area contributed by atoms with E-state index in [0.717, 1.165) is 6.42 Å². The summed E-state index contributed by atoms with van der Waals surface area (Å²) in [5.74, 6) is 0. The molecular weight excluding hydrogens is 254 g/mol. The Morgan fingerprint density at radius 3 is 2.33 bits per heavy atom. The quantitative estimate of drug-likeness (QED) is 0.747. The molecule has 2 aliphatic rings. The average Bonchev–Trinajstić information content (AvgIpc) is 2.33. The Balaban J connectivity index is 2.10. The lowest BCUT2D eigenvalue weighted by molar-refractivity contribution is 0.0667. The molecule has 106 valence electrons. The predicted molar refractivity (Wildman–Crippen MR) is 69.3 cm³/mol. The van der Waals surface area contributed by atoms with Crippen LogP contribution in [0.1, 0.15) is 20.3 Å². The summed E-state index contributed by atoms with van der Waals surface area (Å²) in [4.78, 5) is 0. The molecule has 2 rings (SSSR count). The summed E-state index contributed by atoms with van der Waals surface area (Å²) in [5, 5.41) is 0. The van der Waals surface area contributed by atoms with E-state index in [0.29, 0.717) is 39.4 Å². The summed E-state index contributed by atoms with van der Waals surface area (Å²) >= 11 is 0. The van der Waals surface area contributed by atoms with Crippen molar-refractivity contribution in [2.75, 3.05) is 39.4 Å². The Morgan fingerprint density at radius 1 is 1.17 bits per heavy atom. The Morgan fingerprint density at radius 2 is 1.78 bits per heavy atom. The minimum atomic E-state index is -3.35. The van der Waals surface area contributed by atoms with Gasteiger partial charge in [-0.05, 0) is 11.8 Å². The SMILES string of the molecule is CC1(C)CN(S(=O)(=O)N2CCOCC2)CCC1N. The van der Waals surface area contributed by atoms with Crippen molar-refractivity contribution in [1.29, 1.82) is 0 Å². The molecule has 2 heterocycles. The highest BCUT2D eigenvalue weighted by molar-refractivity contribution is 7.86. The number of hydrogen-bond acceptors (Lipinski definition) is 4. The van der Waals surface area contributed by atoms with E-state index >= 15 is 0 Å². The molecule has 18 heavy (non-hydrogen) atoms. The van der Waals surface area contributed by atoms with Gasteiger partial charge in [-0.2, -0.15) is 17.0 Å². The number of morpholine rings is 1. The van der Waals surface area contributed by atoms with Gasteiger partial charge in [0, 0.05) is 32.2 Å². The molecule has 0 saturated carbocycles. The van der Waals surface area contributed by atoms with E-state index in [2.05, 4.69) is 0 Å². The molecule has 0 aliphatic carbocycles. The standard InChI is InChI=1S/C11H23N3O3S/c1-11(2)9-14(4-3-10(11)12)18(15,16)13-5-7-17-8-6-13/h10H,3-9,12H2,1-2H3. The van der Waals surface area contributed by atoms with Crippen LogP contribution in [0.4, 0.5) is 0 Å². The van der Waals surface area contributed by atoms with Crippen LogP contribution in [0.3, 0.4) is 0 Å². The van der Waals surface area contributed by atoms with Gasteiger partial charge in [0.2, 0.25) is 0 Å². The fourth-order valence-electron chi connectivity index (χ4n) is 2.46. The van der Waals surface area contributed by atoms with E-state index in [4.69, 9.17) is 10.5 Å². The fourth-order valence-corrected chi connectivity index (χ4v) is 4.23. The Labute approximate surface area is 109 Å². The van der Waals surface area contributed by atoms with Gasteiger partial charge in [0.25, 0.3) is 10.2 Å². The van der Waals surface area contributed by atoms with Gasteiger partial charge in [-0.15, -0.1) is 0 Å². The molecule has 1 atom stereocenters. The zero-order chi connectivity index (χ0) is 13.4. The van der Waals surface area contributed by atoms with Gasteiger partial charge in [0.05, 0.1) is 13.2 Å². The molecule has 0 radical (unpaired) electrons. The third kappa shape index (κ3) is 2.70. The van der Waals surface area contributed by atoms with Gasteiger partial charge >= 0.3 is 0 Å². The molecule has 2 aliphatic heterocycles. The maximum absolute atomic E-state index is 12.5. The van der Waals surface area contributed by atoms with Gasteiger partial charge in [-0.25, -0.2) is 0 Å². The number of hydrogen-bond donors (Lipinski definition) is 1. The molecule has 0 aromatic rings. The monoisotopic (exact) mass is 277 g/mol. The van der Waals surface area contributed by atoms with E-state index in [1.807, 2.05) is 13.8 Å². The fraction of sp³-hybridized carbons (Fsp3) is 1.00. The minimum Gasteiger partial charge on any atom is -0.379 e. The van der Waals surface area contributed by atoms with Crippen molar-refractivity contribution in [1.82, 2.24) is 8.61 Å². The van der Waals surface area contributed by atoms with Crippen LogP contribution in [0.15, 0.2) is 0 Å². The summed E-state index contributed by atoms with van der Waals surface area (Å²) in [6, 6.07) is 0.0636. The van der Waals surface area contributed by atoms with Gasteiger partial charge < -0.3 is 10.5 Å². The Kier molecular flexibility index (Phi) is 3.99. The van der Waals surface area contributed by atoms with E-state index in [1.54, 1.807) is 4.31 Å². The van der Waals surface area contributed by atoms with Crippen LogP contribution in [0, 0.1) is 5.41 Å². The lowest BCUT2D eigenvalue weighted by atomic mass is 9.81. The number of nitrogens with zero attached hydrogens (tertiary/aromatic N) is 2. The van der Waals surface area contributed by atoms with Gasteiger partial charge in [-0.3, -0.25) is 0 Å². The first-order valence-electron chi connectivity index (χ1n) is 6.42. The second-order valence-corrected chi connectivity index (χ2v) is 7.66. The normalized spacial score (nSPS) is 31.4. The molecule has 0 aromatic carbocycles. The van der Waals surface area contributed by atoms with Crippen LogP contribution in [-0.2, 0) is 14.9 Å². The van der Waals surface area contributed by atoms with Crippen molar-refractivity contribution in [2.45, 2.75) is 26.3 Å². The number of piperidine rings is 1. The molecule has 6 nitrogen and oxygen atoms in total. The highest BCUT2D eigenvalue weighted by Gasteiger charge is 2.40. The van der Waals surface area contributed by atoms with Crippen molar-refractivity contribution in [3.8, 4) is 0 Å². The second kappa shape index (κ2) is 5.05. The van der Waals surface area contributed by atoms with Gasteiger partial charge in [0.15, 0.2) is 0 Å². The molecule has 0 spiro atoms. The van der Waals surface area contributed by atoms with Crippen molar-refractivity contribution in [3.63, 3.8) is 0 Å². The second-order valence-electron chi connectivity index (χ2n) is 5.74. The van der Waals surface area contributed by atoms with Crippen molar-refractivity contribution in [2.24, 2.45) is 11.1 Å². The molecule has 0 amide bonds. The van der Waals surface area contributed by atoms with E-state index in [-0.39, 0.29) is 11.5 Å².